The molecular formula is C20H30O2. The van der Waals surface area contributed by atoms with E-state index in [4.69, 9.17) is 0 Å². The maximum atomic E-state index is 10.0. The van der Waals surface area contributed by atoms with Crippen LogP contribution in [0, 0.1) is 17.3 Å². The third-order valence-electron chi connectivity index (χ3n) is 6.71. The van der Waals surface area contributed by atoms with Crippen molar-refractivity contribution in [3.63, 3.8) is 0 Å². The topological polar surface area (TPSA) is 40.5 Å². The number of aliphatic hydroxyl groups excluding tert-OH is 2. The Bertz CT molecular complexity index is 528. The Balaban J connectivity index is 1.81. The standard InChI is InChI=1S/C20H30O2/c1-13-6-9-18-15(5-4-10-20(13,18)3)7-8-16-11-17(21)12-19(22)14(16)2/h5,7-8,13,17-19,21-22H,4,6,9-12H2,1-3H3/b8-7-/t13-,17?,18?,19?,20+/m0/s1. The smallest absolute Gasteiger partial charge is 0.0777 e. The van der Waals surface area contributed by atoms with E-state index in [0.717, 1.165) is 17.1 Å². The highest BCUT2D eigenvalue weighted by Gasteiger charge is 2.46. The average Bonchev–Trinajstić information content (AvgIpc) is 2.77. The van der Waals surface area contributed by atoms with Crippen LogP contribution in [0.4, 0.5) is 0 Å². The van der Waals surface area contributed by atoms with E-state index in [1.165, 1.54) is 31.3 Å². The lowest BCUT2D eigenvalue weighted by Gasteiger charge is -2.39. The fourth-order valence-corrected chi connectivity index (χ4v) is 4.81. The summed E-state index contributed by atoms with van der Waals surface area (Å²) in [5, 5.41) is 19.9. The summed E-state index contributed by atoms with van der Waals surface area (Å²) in [5.74, 6) is 1.50. The van der Waals surface area contributed by atoms with Crippen LogP contribution >= 0.6 is 0 Å². The summed E-state index contributed by atoms with van der Waals surface area (Å²) in [4.78, 5) is 0. The highest BCUT2D eigenvalue weighted by Crippen LogP contribution is 2.55. The Morgan fingerprint density at radius 2 is 2.00 bits per heavy atom. The van der Waals surface area contributed by atoms with Crippen molar-refractivity contribution in [1.82, 2.24) is 0 Å². The van der Waals surface area contributed by atoms with Gasteiger partial charge >= 0.3 is 0 Å². The van der Waals surface area contributed by atoms with Crippen LogP contribution < -0.4 is 0 Å². The minimum atomic E-state index is -0.486. The van der Waals surface area contributed by atoms with Crippen molar-refractivity contribution in [1.29, 1.82) is 0 Å². The van der Waals surface area contributed by atoms with Crippen molar-refractivity contribution < 1.29 is 10.2 Å². The molecule has 3 aliphatic carbocycles. The van der Waals surface area contributed by atoms with Gasteiger partial charge in [-0.2, -0.15) is 0 Å². The van der Waals surface area contributed by atoms with Gasteiger partial charge in [-0.05, 0) is 73.0 Å². The van der Waals surface area contributed by atoms with Gasteiger partial charge in [0.2, 0.25) is 0 Å². The molecular weight excluding hydrogens is 272 g/mol. The molecule has 0 bridgehead atoms. The second-order valence-electron chi connectivity index (χ2n) is 7.93. The van der Waals surface area contributed by atoms with Gasteiger partial charge in [-0.1, -0.05) is 32.1 Å². The molecule has 2 nitrogen and oxygen atoms in total. The number of hydrogen-bond acceptors (Lipinski definition) is 2. The molecule has 0 aliphatic heterocycles. The van der Waals surface area contributed by atoms with Crippen molar-refractivity contribution in [2.75, 3.05) is 0 Å². The first kappa shape index (κ1) is 16.0. The van der Waals surface area contributed by atoms with E-state index >= 15 is 0 Å². The van der Waals surface area contributed by atoms with Crippen molar-refractivity contribution >= 4 is 0 Å². The van der Waals surface area contributed by atoms with E-state index in [9.17, 15) is 10.2 Å². The van der Waals surface area contributed by atoms with Crippen molar-refractivity contribution in [3.8, 4) is 0 Å². The Hall–Kier alpha value is -0.860. The van der Waals surface area contributed by atoms with E-state index in [2.05, 4.69) is 32.1 Å². The molecule has 3 unspecified atom stereocenters. The maximum absolute atomic E-state index is 10.0. The third kappa shape index (κ3) is 2.72. The van der Waals surface area contributed by atoms with Crippen LogP contribution in [-0.2, 0) is 0 Å². The third-order valence-corrected chi connectivity index (χ3v) is 6.71. The molecule has 0 aromatic carbocycles. The largest absolute Gasteiger partial charge is 0.393 e. The van der Waals surface area contributed by atoms with Crippen molar-refractivity contribution in [2.24, 2.45) is 17.3 Å². The minimum absolute atomic E-state index is 0.407. The predicted molar refractivity (Wildman–Crippen MR) is 90.4 cm³/mol. The molecule has 0 aromatic rings. The van der Waals surface area contributed by atoms with Gasteiger partial charge in [-0.15, -0.1) is 0 Å². The highest BCUT2D eigenvalue weighted by molar-refractivity contribution is 5.37. The SMILES string of the molecule is CC1=C(/C=C\C2=CCC[C@@]3(C)C2CC[C@@H]3C)CC(O)CC1O. The summed E-state index contributed by atoms with van der Waals surface area (Å²) >= 11 is 0. The number of aliphatic hydroxyl groups is 2. The van der Waals surface area contributed by atoms with E-state index in [1.54, 1.807) is 0 Å². The Morgan fingerprint density at radius 3 is 2.77 bits per heavy atom. The first-order valence-corrected chi connectivity index (χ1v) is 8.85. The summed E-state index contributed by atoms with van der Waals surface area (Å²) < 4.78 is 0. The molecule has 0 amide bonds. The lowest BCUT2D eigenvalue weighted by atomic mass is 9.65. The minimum Gasteiger partial charge on any atom is -0.393 e. The molecule has 0 saturated heterocycles. The van der Waals surface area contributed by atoms with Crippen molar-refractivity contribution in [2.45, 2.75) is 71.5 Å². The summed E-state index contributed by atoms with van der Waals surface area (Å²) in [6.45, 7) is 6.87. The Kier molecular flexibility index (Phi) is 4.35. The van der Waals surface area contributed by atoms with Gasteiger partial charge < -0.3 is 10.2 Å². The first-order valence-electron chi connectivity index (χ1n) is 8.85. The molecule has 5 atom stereocenters. The van der Waals surface area contributed by atoms with E-state index < -0.39 is 12.2 Å². The van der Waals surface area contributed by atoms with Crippen LogP contribution in [0.5, 0.6) is 0 Å². The van der Waals surface area contributed by atoms with Gasteiger partial charge in [-0.3, -0.25) is 0 Å². The first-order chi connectivity index (χ1) is 10.4. The summed E-state index contributed by atoms with van der Waals surface area (Å²) in [6, 6.07) is 0. The molecule has 0 spiro atoms. The van der Waals surface area contributed by atoms with Crippen LogP contribution in [0.1, 0.15) is 59.3 Å². The molecule has 1 saturated carbocycles. The second kappa shape index (κ2) is 5.98. The van der Waals surface area contributed by atoms with E-state index in [0.29, 0.717) is 24.2 Å². The van der Waals surface area contributed by atoms with Crippen LogP contribution in [-0.4, -0.2) is 22.4 Å². The summed E-state index contributed by atoms with van der Waals surface area (Å²) in [6.07, 6.45) is 12.2. The van der Waals surface area contributed by atoms with Gasteiger partial charge in [-0.25, -0.2) is 0 Å². The molecule has 22 heavy (non-hydrogen) atoms. The van der Waals surface area contributed by atoms with Gasteiger partial charge in [0.1, 0.15) is 0 Å². The van der Waals surface area contributed by atoms with E-state index in [1.807, 2.05) is 6.92 Å². The van der Waals surface area contributed by atoms with Gasteiger partial charge in [0.15, 0.2) is 0 Å². The van der Waals surface area contributed by atoms with Crippen molar-refractivity contribution in [3.05, 3.63) is 34.9 Å². The monoisotopic (exact) mass is 302 g/mol. The number of fused-ring (bicyclic) bond motifs is 1. The average molecular weight is 302 g/mol. The normalized spacial score (nSPS) is 42.7. The number of allylic oxidation sites excluding steroid dienone is 4. The van der Waals surface area contributed by atoms with Crippen LogP contribution in [0.3, 0.4) is 0 Å². The van der Waals surface area contributed by atoms with Crippen LogP contribution in [0.25, 0.3) is 0 Å². The van der Waals surface area contributed by atoms with Crippen LogP contribution in [0.15, 0.2) is 34.9 Å². The molecule has 3 aliphatic rings. The fraction of sp³-hybridized carbons (Fsp3) is 0.700. The lowest BCUT2D eigenvalue weighted by Crippen LogP contribution is -2.30. The molecule has 0 radical (unpaired) electrons. The number of hydrogen-bond donors (Lipinski definition) is 2. The van der Waals surface area contributed by atoms with Gasteiger partial charge in [0.25, 0.3) is 0 Å². The predicted octanol–water partition coefficient (Wildman–Crippen LogP) is 4.15. The molecule has 0 aromatic heterocycles. The zero-order valence-electron chi connectivity index (χ0n) is 14.2. The molecule has 122 valence electrons. The van der Waals surface area contributed by atoms with Gasteiger partial charge in [0.05, 0.1) is 12.2 Å². The summed E-state index contributed by atoms with van der Waals surface area (Å²) in [7, 11) is 0. The molecule has 0 heterocycles. The highest BCUT2D eigenvalue weighted by atomic mass is 16.3. The Morgan fingerprint density at radius 1 is 1.23 bits per heavy atom. The fourth-order valence-electron chi connectivity index (χ4n) is 4.81. The van der Waals surface area contributed by atoms with E-state index in [-0.39, 0.29) is 0 Å². The Labute approximate surface area is 134 Å². The lowest BCUT2D eigenvalue weighted by molar-refractivity contribution is 0.0879. The van der Waals surface area contributed by atoms with Gasteiger partial charge in [0, 0.05) is 6.42 Å². The maximum Gasteiger partial charge on any atom is 0.0777 e. The number of rotatable bonds is 2. The summed E-state index contributed by atoms with van der Waals surface area (Å²) in [5.41, 5.74) is 4.09. The molecule has 2 N–H and O–H groups in total. The van der Waals surface area contributed by atoms with Crippen LogP contribution in [0.2, 0.25) is 0 Å². The molecule has 3 rings (SSSR count). The quantitative estimate of drug-likeness (QED) is 0.804. The second-order valence-corrected chi connectivity index (χ2v) is 7.93. The molecule has 1 fully saturated rings. The zero-order chi connectivity index (χ0) is 15.9. The molecule has 2 heteroatoms. The zero-order valence-corrected chi connectivity index (χ0v) is 14.2.